The molecule has 0 atom stereocenters. The van der Waals surface area contributed by atoms with Crippen LogP contribution >= 0.6 is 0 Å². The summed E-state index contributed by atoms with van der Waals surface area (Å²) in [5.41, 5.74) is 1.10. The molecule has 2 rings (SSSR count). The molecule has 108 valence electrons. The number of hydrogen-bond donors (Lipinski definition) is 0. The normalized spacial score (nSPS) is 16.8. The summed E-state index contributed by atoms with van der Waals surface area (Å²) in [6.07, 6.45) is 0.953. The summed E-state index contributed by atoms with van der Waals surface area (Å²) in [5.74, 6) is -0.0432. The van der Waals surface area contributed by atoms with Crippen LogP contribution in [0.15, 0.2) is 18.2 Å². The molecule has 0 saturated carbocycles. The Morgan fingerprint density at radius 1 is 1.25 bits per heavy atom. The first kappa shape index (κ1) is 14.5. The minimum Gasteiger partial charge on any atom is -0.337 e. The van der Waals surface area contributed by atoms with Gasteiger partial charge in [-0.15, -0.1) is 0 Å². The lowest BCUT2D eigenvalue weighted by Crippen LogP contribution is -2.34. The molecule has 6 heteroatoms. The van der Waals surface area contributed by atoms with Gasteiger partial charge in [-0.25, -0.2) is 0 Å². The molecule has 1 aromatic rings. The molecular formula is C14H19N3O3. The molecule has 1 fully saturated rings. The van der Waals surface area contributed by atoms with Gasteiger partial charge in [-0.2, -0.15) is 0 Å². The van der Waals surface area contributed by atoms with E-state index in [1.165, 1.54) is 6.07 Å². The molecule has 1 saturated heterocycles. The molecule has 1 aliphatic rings. The SMILES string of the molecule is Cc1cc(C(=O)N2CCCN(C)CC2)ccc1[N+](=O)[O-]. The Bertz CT molecular complexity index is 530. The van der Waals surface area contributed by atoms with E-state index in [1.807, 2.05) is 11.9 Å². The van der Waals surface area contributed by atoms with Crippen molar-refractivity contribution in [3.8, 4) is 0 Å². The molecule has 0 aliphatic carbocycles. The molecule has 1 amide bonds. The molecule has 0 aromatic heterocycles. The van der Waals surface area contributed by atoms with Crippen molar-refractivity contribution in [1.29, 1.82) is 0 Å². The molecule has 0 unspecified atom stereocenters. The Hall–Kier alpha value is -1.95. The van der Waals surface area contributed by atoms with Gasteiger partial charge in [0.2, 0.25) is 0 Å². The van der Waals surface area contributed by atoms with Gasteiger partial charge in [0, 0.05) is 36.8 Å². The predicted octanol–water partition coefficient (Wildman–Crippen LogP) is 1.68. The topological polar surface area (TPSA) is 66.7 Å². The van der Waals surface area contributed by atoms with Gasteiger partial charge in [0.15, 0.2) is 0 Å². The van der Waals surface area contributed by atoms with Gasteiger partial charge in [0.1, 0.15) is 0 Å². The Morgan fingerprint density at radius 3 is 2.65 bits per heavy atom. The third-order valence-corrected chi connectivity index (χ3v) is 3.65. The van der Waals surface area contributed by atoms with E-state index in [0.29, 0.717) is 17.7 Å². The molecule has 1 aliphatic heterocycles. The second-order valence-electron chi connectivity index (χ2n) is 5.21. The number of hydrogen-bond acceptors (Lipinski definition) is 4. The van der Waals surface area contributed by atoms with E-state index in [-0.39, 0.29) is 11.6 Å². The fraction of sp³-hybridized carbons (Fsp3) is 0.500. The lowest BCUT2D eigenvalue weighted by Gasteiger charge is -2.20. The van der Waals surface area contributed by atoms with E-state index in [4.69, 9.17) is 0 Å². The van der Waals surface area contributed by atoms with Crippen molar-refractivity contribution < 1.29 is 9.72 Å². The van der Waals surface area contributed by atoms with Crippen molar-refractivity contribution in [1.82, 2.24) is 9.80 Å². The van der Waals surface area contributed by atoms with Crippen LogP contribution in [0, 0.1) is 17.0 Å². The van der Waals surface area contributed by atoms with Crippen LogP contribution in [-0.4, -0.2) is 53.9 Å². The summed E-state index contributed by atoms with van der Waals surface area (Å²) >= 11 is 0. The monoisotopic (exact) mass is 277 g/mol. The molecular weight excluding hydrogens is 258 g/mol. The van der Waals surface area contributed by atoms with E-state index >= 15 is 0 Å². The first-order valence-electron chi connectivity index (χ1n) is 6.72. The highest BCUT2D eigenvalue weighted by molar-refractivity contribution is 5.94. The molecule has 1 heterocycles. The highest BCUT2D eigenvalue weighted by Crippen LogP contribution is 2.20. The van der Waals surface area contributed by atoms with Gasteiger partial charge < -0.3 is 9.80 Å². The van der Waals surface area contributed by atoms with Crippen LogP contribution in [0.1, 0.15) is 22.3 Å². The third-order valence-electron chi connectivity index (χ3n) is 3.65. The van der Waals surface area contributed by atoms with Gasteiger partial charge in [-0.05, 0) is 39.1 Å². The van der Waals surface area contributed by atoms with E-state index in [2.05, 4.69) is 4.90 Å². The average molecular weight is 277 g/mol. The van der Waals surface area contributed by atoms with Crippen molar-refractivity contribution in [3.05, 3.63) is 39.4 Å². The number of carbonyl (C=O) groups is 1. The smallest absolute Gasteiger partial charge is 0.272 e. The predicted molar refractivity (Wildman–Crippen MR) is 75.9 cm³/mol. The van der Waals surface area contributed by atoms with E-state index in [9.17, 15) is 14.9 Å². The number of benzene rings is 1. The lowest BCUT2D eigenvalue weighted by atomic mass is 10.1. The summed E-state index contributed by atoms with van der Waals surface area (Å²) in [4.78, 5) is 26.8. The van der Waals surface area contributed by atoms with Crippen LogP contribution in [0.2, 0.25) is 0 Å². The van der Waals surface area contributed by atoms with Crippen LogP contribution in [0.25, 0.3) is 0 Å². The summed E-state index contributed by atoms with van der Waals surface area (Å²) in [5, 5.41) is 10.8. The zero-order valence-corrected chi connectivity index (χ0v) is 11.8. The van der Waals surface area contributed by atoms with Crippen molar-refractivity contribution >= 4 is 11.6 Å². The van der Waals surface area contributed by atoms with Gasteiger partial charge in [0.05, 0.1) is 4.92 Å². The molecule has 0 bridgehead atoms. The Kier molecular flexibility index (Phi) is 4.34. The Balaban J connectivity index is 2.16. The first-order chi connectivity index (χ1) is 9.49. The van der Waals surface area contributed by atoms with E-state index in [0.717, 1.165) is 26.1 Å². The van der Waals surface area contributed by atoms with Crippen LogP contribution < -0.4 is 0 Å². The maximum atomic E-state index is 12.4. The van der Waals surface area contributed by atoms with E-state index < -0.39 is 4.92 Å². The molecule has 0 radical (unpaired) electrons. The third kappa shape index (κ3) is 3.14. The number of likely N-dealkylation sites (N-methyl/N-ethyl adjacent to an activating group) is 1. The van der Waals surface area contributed by atoms with Gasteiger partial charge >= 0.3 is 0 Å². The maximum absolute atomic E-state index is 12.4. The van der Waals surface area contributed by atoms with Gasteiger partial charge in [-0.3, -0.25) is 14.9 Å². The Labute approximate surface area is 118 Å². The second-order valence-corrected chi connectivity index (χ2v) is 5.21. The molecule has 0 N–H and O–H groups in total. The summed E-state index contributed by atoms with van der Waals surface area (Å²) in [6, 6.07) is 4.56. The number of rotatable bonds is 2. The fourth-order valence-corrected chi connectivity index (χ4v) is 2.43. The van der Waals surface area contributed by atoms with Crippen molar-refractivity contribution in [2.75, 3.05) is 33.2 Å². The van der Waals surface area contributed by atoms with Crippen molar-refractivity contribution in [2.24, 2.45) is 0 Å². The highest BCUT2D eigenvalue weighted by atomic mass is 16.6. The van der Waals surface area contributed by atoms with Crippen LogP contribution in [0.5, 0.6) is 0 Å². The number of nitro groups is 1. The highest BCUT2D eigenvalue weighted by Gasteiger charge is 2.20. The zero-order valence-electron chi connectivity index (χ0n) is 11.8. The van der Waals surface area contributed by atoms with Gasteiger partial charge in [-0.1, -0.05) is 0 Å². The van der Waals surface area contributed by atoms with Crippen LogP contribution in [-0.2, 0) is 0 Å². The lowest BCUT2D eigenvalue weighted by molar-refractivity contribution is -0.385. The minimum absolute atomic E-state index is 0.0432. The molecule has 20 heavy (non-hydrogen) atoms. The molecule has 6 nitrogen and oxygen atoms in total. The quantitative estimate of drug-likeness (QED) is 0.609. The summed E-state index contributed by atoms with van der Waals surface area (Å²) in [7, 11) is 2.05. The largest absolute Gasteiger partial charge is 0.337 e. The number of amides is 1. The summed E-state index contributed by atoms with van der Waals surface area (Å²) in [6.45, 7) is 4.94. The summed E-state index contributed by atoms with van der Waals surface area (Å²) < 4.78 is 0. The van der Waals surface area contributed by atoms with Crippen molar-refractivity contribution in [2.45, 2.75) is 13.3 Å². The average Bonchev–Trinajstić information content (AvgIpc) is 2.62. The number of carbonyl (C=O) groups excluding carboxylic acids is 1. The van der Waals surface area contributed by atoms with E-state index in [1.54, 1.807) is 19.1 Å². The number of nitrogens with zero attached hydrogens (tertiary/aromatic N) is 3. The van der Waals surface area contributed by atoms with Crippen LogP contribution in [0.3, 0.4) is 0 Å². The fourth-order valence-electron chi connectivity index (χ4n) is 2.43. The minimum atomic E-state index is -0.426. The van der Waals surface area contributed by atoms with Gasteiger partial charge in [0.25, 0.3) is 11.6 Å². The maximum Gasteiger partial charge on any atom is 0.272 e. The second kappa shape index (κ2) is 6.00. The zero-order chi connectivity index (χ0) is 14.7. The Morgan fingerprint density at radius 2 is 2.00 bits per heavy atom. The number of nitro benzene ring substituents is 1. The number of aryl methyl sites for hydroxylation is 1. The van der Waals surface area contributed by atoms with Crippen LogP contribution in [0.4, 0.5) is 5.69 Å². The van der Waals surface area contributed by atoms with Crippen molar-refractivity contribution in [3.63, 3.8) is 0 Å². The first-order valence-corrected chi connectivity index (χ1v) is 6.72. The molecule has 0 spiro atoms. The standard InChI is InChI=1S/C14H19N3O3/c1-11-10-12(4-5-13(11)17(19)20)14(18)16-7-3-6-15(2)8-9-16/h4-5,10H,3,6-9H2,1-2H3. The molecule has 1 aromatic carbocycles.